The number of hydrogen-bond acceptors (Lipinski definition) is 5. The van der Waals surface area contributed by atoms with Crippen LogP contribution in [0.3, 0.4) is 0 Å². The van der Waals surface area contributed by atoms with E-state index in [2.05, 4.69) is 0 Å². The standard InChI is InChI=1S/C9H13N3O3S/c13-8-7-5-16-6-11(7)9(14)12(8)10-1-3-15-4-2-10/h7H,1-6H2. The average Bonchev–Trinajstić information content (AvgIpc) is 2.86. The van der Waals surface area contributed by atoms with Gasteiger partial charge in [-0.15, -0.1) is 11.8 Å². The Kier molecular flexibility index (Phi) is 2.53. The normalized spacial score (nSPS) is 31.4. The van der Waals surface area contributed by atoms with E-state index >= 15 is 0 Å². The molecule has 7 heteroatoms. The van der Waals surface area contributed by atoms with Crippen molar-refractivity contribution in [1.29, 1.82) is 0 Å². The van der Waals surface area contributed by atoms with E-state index < -0.39 is 0 Å². The zero-order valence-electron chi connectivity index (χ0n) is 8.79. The summed E-state index contributed by atoms with van der Waals surface area (Å²) in [6.45, 7) is 2.39. The summed E-state index contributed by atoms with van der Waals surface area (Å²) in [5.74, 6) is 1.29. The van der Waals surface area contributed by atoms with E-state index in [1.165, 1.54) is 5.01 Å². The Bertz CT molecular complexity index is 310. The number of rotatable bonds is 1. The van der Waals surface area contributed by atoms with E-state index in [0.717, 1.165) is 5.75 Å². The number of hydrogen-bond donors (Lipinski definition) is 0. The Balaban J connectivity index is 1.80. The average molecular weight is 243 g/mol. The van der Waals surface area contributed by atoms with Crippen LogP contribution in [-0.2, 0) is 9.53 Å². The summed E-state index contributed by atoms with van der Waals surface area (Å²) in [7, 11) is 0. The number of nitrogens with zero attached hydrogens (tertiary/aromatic N) is 3. The molecule has 0 aromatic heterocycles. The minimum Gasteiger partial charge on any atom is -0.379 e. The minimum atomic E-state index is -0.236. The van der Waals surface area contributed by atoms with E-state index in [0.29, 0.717) is 32.2 Å². The van der Waals surface area contributed by atoms with Crippen molar-refractivity contribution in [2.75, 3.05) is 37.9 Å². The van der Waals surface area contributed by atoms with Gasteiger partial charge in [0, 0.05) is 18.8 Å². The van der Waals surface area contributed by atoms with Crippen molar-refractivity contribution in [2.24, 2.45) is 0 Å². The van der Waals surface area contributed by atoms with Gasteiger partial charge in [0.15, 0.2) is 0 Å². The molecule has 3 amide bonds. The first kappa shape index (κ1) is 10.4. The van der Waals surface area contributed by atoms with Crippen LogP contribution in [0, 0.1) is 0 Å². The van der Waals surface area contributed by atoms with E-state index in [4.69, 9.17) is 4.74 Å². The lowest BCUT2D eigenvalue weighted by Crippen LogP contribution is -2.52. The first-order chi connectivity index (χ1) is 7.79. The lowest BCUT2D eigenvalue weighted by Gasteiger charge is -2.32. The van der Waals surface area contributed by atoms with Gasteiger partial charge in [0.1, 0.15) is 6.04 Å². The van der Waals surface area contributed by atoms with Crippen molar-refractivity contribution in [3.05, 3.63) is 0 Å². The largest absolute Gasteiger partial charge is 0.379 e. The van der Waals surface area contributed by atoms with Gasteiger partial charge in [-0.1, -0.05) is 0 Å². The molecule has 0 bridgehead atoms. The van der Waals surface area contributed by atoms with Crippen molar-refractivity contribution < 1.29 is 14.3 Å². The number of hydrazine groups is 1. The third kappa shape index (κ3) is 1.42. The Morgan fingerprint density at radius 2 is 2.00 bits per heavy atom. The van der Waals surface area contributed by atoms with Gasteiger partial charge in [-0.3, -0.25) is 4.79 Å². The van der Waals surface area contributed by atoms with Crippen LogP contribution in [-0.4, -0.2) is 70.8 Å². The van der Waals surface area contributed by atoms with E-state index in [1.807, 2.05) is 0 Å². The zero-order chi connectivity index (χ0) is 11.1. The number of ether oxygens (including phenoxy) is 1. The highest BCUT2D eigenvalue weighted by Crippen LogP contribution is 2.30. The zero-order valence-corrected chi connectivity index (χ0v) is 9.61. The Morgan fingerprint density at radius 3 is 2.69 bits per heavy atom. The van der Waals surface area contributed by atoms with Gasteiger partial charge in [-0.2, -0.15) is 5.01 Å². The summed E-state index contributed by atoms with van der Waals surface area (Å²) in [4.78, 5) is 25.8. The fourth-order valence-corrected chi connectivity index (χ4v) is 3.35. The first-order valence-corrected chi connectivity index (χ1v) is 6.49. The van der Waals surface area contributed by atoms with Gasteiger partial charge >= 0.3 is 6.03 Å². The van der Waals surface area contributed by atoms with Crippen LogP contribution in [0.5, 0.6) is 0 Å². The number of fused-ring (bicyclic) bond motifs is 1. The van der Waals surface area contributed by atoms with Crippen LogP contribution in [0.4, 0.5) is 4.79 Å². The molecule has 0 radical (unpaired) electrons. The molecular weight excluding hydrogens is 230 g/mol. The van der Waals surface area contributed by atoms with E-state index in [-0.39, 0.29) is 18.0 Å². The summed E-state index contributed by atoms with van der Waals surface area (Å²) in [6, 6.07) is -0.401. The maximum atomic E-state index is 12.1. The fourth-order valence-electron chi connectivity index (χ4n) is 2.21. The Hall–Kier alpha value is -0.790. The minimum absolute atomic E-state index is 0.0723. The Morgan fingerprint density at radius 1 is 1.25 bits per heavy atom. The number of amides is 3. The molecule has 0 aliphatic carbocycles. The molecule has 0 aromatic rings. The maximum Gasteiger partial charge on any atom is 0.343 e. The molecule has 1 atom stereocenters. The molecule has 6 nitrogen and oxygen atoms in total. The molecular formula is C9H13N3O3S. The van der Waals surface area contributed by atoms with Crippen LogP contribution < -0.4 is 0 Å². The predicted octanol–water partition coefficient (Wildman–Crippen LogP) is -0.429. The van der Waals surface area contributed by atoms with Gasteiger partial charge < -0.3 is 9.64 Å². The SMILES string of the molecule is O=C1C2CSCN2C(=O)N1N1CCOCC1. The second-order valence-electron chi connectivity index (χ2n) is 3.98. The van der Waals surface area contributed by atoms with Crippen molar-refractivity contribution in [1.82, 2.24) is 14.9 Å². The van der Waals surface area contributed by atoms with Crippen LogP contribution in [0.1, 0.15) is 0 Å². The molecule has 88 valence electrons. The van der Waals surface area contributed by atoms with E-state index in [9.17, 15) is 9.59 Å². The molecule has 3 aliphatic rings. The third-order valence-corrected chi connectivity index (χ3v) is 4.09. The molecule has 3 heterocycles. The third-order valence-electron chi connectivity index (χ3n) is 3.07. The molecule has 16 heavy (non-hydrogen) atoms. The molecule has 0 N–H and O–H groups in total. The number of urea groups is 1. The molecule has 0 aromatic carbocycles. The second kappa shape index (κ2) is 3.90. The molecule has 0 spiro atoms. The molecule has 0 saturated carbocycles. The smallest absolute Gasteiger partial charge is 0.343 e. The first-order valence-electron chi connectivity index (χ1n) is 5.34. The maximum absolute atomic E-state index is 12.1. The quantitative estimate of drug-likeness (QED) is 0.585. The van der Waals surface area contributed by atoms with Crippen molar-refractivity contribution in [3.63, 3.8) is 0 Å². The van der Waals surface area contributed by atoms with Gasteiger partial charge in [0.25, 0.3) is 5.91 Å². The van der Waals surface area contributed by atoms with Crippen LogP contribution >= 0.6 is 11.8 Å². The molecule has 3 saturated heterocycles. The van der Waals surface area contributed by atoms with Crippen molar-refractivity contribution in [2.45, 2.75) is 6.04 Å². The lowest BCUT2D eigenvalue weighted by atomic mass is 10.3. The van der Waals surface area contributed by atoms with Gasteiger partial charge in [-0.25, -0.2) is 9.80 Å². The monoisotopic (exact) mass is 243 g/mol. The summed E-state index contributed by atoms with van der Waals surface area (Å²) in [5, 5.41) is 3.12. The molecule has 3 fully saturated rings. The molecule has 1 unspecified atom stereocenters. The molecule has 3 rings (SSSR count). The van der Waals surface area contributed by atoms with E-state index in [1.54, 1.807) is 21.7 Å². The summed E-state index contributed by atoms with van der Waals surface area (Å²) in [5.41, 5.74) is 0. The summed E-state index contributed by atoms with van der Waals surface area (Å²) in [6.07, 6.45) is 0. The Labute approximate surface area is 97.5 Å². The number of carbonyl (C=O) groups is 2. The number of morpholine rings is 1. The number of imide groups is 1. The number of thioether (sulfide) groups is 1. The summed E-state index contributed by atoms with van der Waals surface area (Å²) < 4.78 is 5.22. The topological polar surface area (TPSA) is 53.1 Å². The van der Waals surface area contributed by atoms with Crippen molar-refractivity contribution in [3.8, 4) is 0 Å². The van der Waals surface area contributed by atoms with Crippen LogP contribution in [0.25, 0.3) is 0 Å². The van der Waals surface area contributed by atoms with Gasteiger partial charge in [0.2, 0.25) is 0 Å². The van der Waals surface area contributed by atoms with Gasteiger partial charge in [0.05, 0.1) is 19.1 Å². The highest BCUT2D eigenvalue weighted by molar-refractivity contribution is 7.99. The fraction of sp³-hybridized carbons (Fsp3) is 0.778. The van der Waals surface area contributed by atoms with Crippen LogP contribution in [0.2, 0.25) is 0 Å². The summed E-state index contributed by atoms with van der Waals surface area (Å²) >= 11 is 1.64. The highest BCUT2D eigenvalue weighted by Gasteiger charge is 2.50. The highest BCUT2D eigenvalue weighted by atomic mass is 32.2. The van der Waals surface area contributed by atoms with Crippen molar-refractivity contribution >= 4 is 23.7 Å². The molecule has 3 aliphatic heterocycles. The van der Waals surface area contributed by atoms with Gasteiger partial charge in [-0.05, 0) is 0 Å². The number of carbonyl (C=O) groups excluding carboxylic acids is 2. The lowest BCUT2D eigenvalue weighted by molar-refractivity contribution is -0.144. The van der Waals surface area contributed by atoms with Crippen LogP contribution in [0.15, 0.2) is 0 Å². The second-order valence-corrected chi connectivity index (χ2v) is 4.98. The predicted molar refractivity (Wildman–Crippen MR) is 57.6 cm³/mol.